The van der Waals surface area contributed by atoms with E-state index in [1.54, 1.807) is 0 Å². The molecule has 1 aromatic carbocycles. The zero-order valence-electron chi connectivity index (χ0n) is 12.1. The van der Waals surface area contributed by atoms with Gasteiger partial charge in [0.05, 0.1) is 20.1 Å². The Bertz CT molecular complexity index is 433. The van der Waals surface area contributed by atoms with Gasteiger partial charge in [0.2, 0.25) is 0 Å². The lowest BCUT2D eigenvalue weighted by Gasteiger charge is -2.25. The SMILES string of the molecule is CC[C@@H](C(=O)OC)[C@H](Cc1ccccc1)NC(=O)OC. The fraction of sp³-hybridized carbons (Fsp3) is 0.467. The van der Waals surface area contributed by atoms with Gasteiger partial charge in [0.15, 0.2) is 0 Å². The van der Waals surface area contributed by atoms with E-state index in [4.69, 9.17) is 4.74 Å². The second-order valence-electron chi connectivity index (χ2n) is 4.47. The molecule has 2 atom stereocenters. The number of benzene rings is 1. The molecule has 0 bridgehead atoms. The number of methoxy groups -OCH3 is 2. The van der Waals surface area contributed by atoms with Crippen molar-refractivity contribution < 1.29 is 19.1 Å². The topological polar surface area (TPSA) is 64.6 Å². The van der Waals surface area contributed by atoms with Crippen molar-refractivity contribution in [2.75, 3.05) is 14.2 Å². The molecule has 0 aliphatic rings. The summed E-state index contributed by atoms with van der Waals surface area (Å²) in [5.74, 6) is -0.732. The van der Waals surface area contributed by atoms with Crippen LogP contribution in [0.15, 0.2) is 30.3 Å². The average Bonchev–Trinajstić information content (AvgIpc) is 2.48. The number of rotatable bonds is 6. The van der Waals surface area contributed by atoms with Gasteiger partial charge in [-0.15, -0.1) is 0 Å². The molecule has 110 valence electrons. The Morgan fingerprint density at radius 2 is 1.80 bits per heavy atom. The minimum absolute atomic E-state index is 0.329. The minimum atomic E-state index is -0.548. The van der Waals surface area contributed by atoms with Crippen LogP contribution in [0.3, 0.4) is 0 Å². The van der Waals surface area contributed by atoms with E-state index in [2.05, 4.69) is 10.1 Å². The largest absolute Gasteiger partial charge is 0.469 e. The van der Waals surface area contributed by atoms with Gasteiger partial charge in [0.25, 0.3) is 0 Å². The van der Waals surface area contributed by atoms with Crippen molar-refractivity contribution in [2.45, 2.75) is 25.8 Å². The van der Waals surface area contributed by atoms with Crippen molar-refractivity contribution in [1.29, 1.82) is 0 Å². The maximum absolute atomic E-state index is 11.8. The molecule has 0 aliphatic heterocycles. The standard InChI is InChI=1S/C15H21NO4/c1-4-12(14(17)19-2)13(16-15(18)20-3)10-11-8-6-5-7-9-11/h5-9,12-13H,4,10H2,1-3H3,(H,16,18)/t12-,13+/m1/s1. The summed E-state index contributed by atoms with van der Waals surface area (Å²) in [5, 5.41) is 2.72. The lowest BCUT2D eigenvalue weighted by molar-refractivity contribution is -0.146. The molecule has 0 saturated carbocycles. The van der Waals surface area contributed by atoms with Gasteiger partial charge in [-0.25, -0.2) is 4.79 Å². The Morgan fingerprint density at radius 3 is 2.30 bits per heavy atom. The molecule has 0 saturated heterocycles. The van der Waals surface area contributed by atoms with Gasteiger partial charge in [-0.1, -0.05) is 37.3 Å². The zero-order valence-corrected chi connectivity index (χ0v) is 12.1. The van der Waals surface area contributed by atoms with Crippen LogP contribution in [0.25, 0.3) is 0 Å². The molecule has 1 aromatic rings. The molecule has 1 rings (SSSR count). The molecule has 0 radical (unpaired) electrons. The van der Waals surface area contributed by atoms with Gasteiger partial charge in [0, 0.05) is 6.04 Å². The normalized spacial score (nSPS) is 13.2. The molecule has 0 fully saturated rings. The highest BCUT2D eigenvalue weighted by Crippen LogP contribution is 2.16. The first kappa shape index (κ1) is 16.0. The fourth-order valence-electron chi connectivity index (χ4n) is 2.14. The summed E-state index contributed by atoms with van der Waals surface area (Å²) in [4.78, 5) is 23.3. The Hall–Kier alpha value is -2.04. The summed E-state index contributed by atoms with van der Waals surface area (Å²) in [6.07, 6.45) is 0.575. The molecule has 0 unspecified atom stereocenters. The number of carbonyl (C=O) groups is 2. The van der Waals surface area contributed by atoms with Crippen LogP contribution in [0.2, 0.25) is 0 Å². The van der Waals surface area contributed by atoms with Crippen molar-refractivity contribution >= 4 is 12.1 Å². The van der Waals surface area contributed by atoms with Gasteiger partial charge in [-0.3, -0.25) is 4.79 Å². The third-order valence-electron chi connectivity index (χ3n) is 3.22. The van der Waals surface area contributed by atoms with Crippen molar-refractivity contribution in [1.82, 2.24) is 5.32 Å². The third kappa shape index (κ3) is 4.57. The van der Waals surface area contributed by atoms with Gasteiger partial charge in [0.1, 0.15) is 0 Å². The van der Waals surface area contributed by atoms with Crippen LogP contribution in [0.1, 0.15) is 18.9 Å². The number of alkyl carbamates (subject to hydrolysis) is 1. The first-order chi connectivity index (χ1) is 9.62. The number of amides is 1. The summed E-state index contributed by atoms with van der Waals surface area (Å²) < 4.78 is 9.43. The first-order valence-corrected chi connectivity index (χ1v) is 6.58. The monoisotopic (exact) mass is 279 g/mol. The van der Waals surface area contributed by atoms with Gasteiger partial charge in [-0.05, 0) is 18.4 Å². The predicted octanol–water partition coefficient (Wildman–Crippen LogP) is 2.15. The van der Waals surface area contributed by atoms with Crippen LogP contribution in [0, 0.1) is 5.92 Å². The maximum Gasteiger partial charge on any atom is 0.407 e. The molecular formula is C15H21NO4. The van der Waals surface area contributed by atoms with E-state index in [1.807, 2.05) is 37.3 Å². The van der Waals surface area contributed by atoms with Crippen LogP contribution in [-0.2, 0) is 20.7 Å². The van der Waals surface area contributed by atoms with E-state index in [-0.39, 0.29) is 12.0 Å². The van der Waals surface area contributed by atoms with Gasteiger partial charge < -0.3 is 14.8 Å². The minimum Gasteiger partial charge on any atom is -0.469 e. The summed E-state index contributed by atoms with van der Waals surface area (Å²) in [7, 11) is 2.65. The van der Waals surface area contributed by atoms with Crippen LogP contribution in [-0.4, -0.2) is 32.3 Å². The fourth-order valence-corrected chi connectivity index (χ4v) is 2.14. The quantitative estimate of drug-likeness (QED) is 0.810. The second kappa shape index (κ2) is 8.19. The molecule has 0 aromatic heterocycles. The van der Waals surface area contributed by atoms with E-state index in [9.17, 15) is 9.59 Å². The summed E-state index contributed by atoms with van der Waals surface area (Å²) in [6, 6.07) is 9.31. The Morgan fingerprint density at radius 1 is 1.15 bits per heavy atom. The number of hydrogen-bond acceptors (Lipinski definition) is 4. The molecule has 5 nitrogen and oxygen atoms in total. The van der Waals surface area contributed by atoms with Gasteiger partial charge in [-0.2, -0.15) is 0 Å². The lowest BCUT2D eigenvalue weighted by atomic mass is 9.91. The molecule has 1 N–H and O–H groups in total. The Balaban J connectivity index is 2.88. The number of ether oxygens (including phenoxy) is 2. The Kier molecular flexibility index (Phi) is 6.56. The number of nitrogens with one attached hydrogen (secondary N) is 1. The molecule has 0 spiro atoms. The summed E-state index contributed by atoms with van der Waals surface area (Å²) >= 11 is 0. The Labute approximate surface area is 119 Å². The van der Waals surface area contributed by atoms with Crippen molar-refractivity contribution in [3.63, 3.8) is 0 Å². The van der Waals surface area contributed by atoms with E-state index in [0.29, 0.717) is 12.8 Å². The highest BCUT2D eigenvalue weighted by atomic mass is 16.5. The second-order valence-corrected chi connectivity index (χ2v) is 4.47. The number of carbonyl (C=O) groups excluding carboxylic acids is 2. The van der Waals surface area contributed by atoms with Crippen molar-refractivity contribution in [2.24, 2.45) is 5.92 Å². The van der Waals surface area contributed by atoms with E-state index < -0.39 is 12.0 Å². The van der Waals surface area contributed by atoms with E-state index in [0.717, 1.165) is 5.56 Å². The van der Waals surface area contributed by atoms with Crippen LogP contribution in [0.5, 0.6) is 0 Å². The van der Waals surface area contributed by atoms with Gasteiger partial charge >= 0.3 is 12.1 Å². The predicted molar refractivity (Wildman–Crippen MR) is 75.3 cm³/mol. The van der Waals surface area contributed by atoms with Crippen molar-refractivity contribution in [3.8, 4) is 0 Å². The van der Waals surface area contributed by atoms with Crippen LogP contribution >= 0.6 is 0 Å². The molecular weight excluding hydrogens is 258 g/mol. The number of hydrogen-bond donors (Lipinski definition) is 1. The molecule has 0 heterocycles. The smallest absolute Gasteiger partial charge is 0.407 e. The van der Waals surface area contributed by atoms with Crippen LogP contribution < -0.4 is 5.32 Å². The highest BCUT2D eigenvalue weighted by molar-refractivity contribution is 5.75. The zero-order chi connectivity index (χ0) is 15.0. The molecule has 0 aliphatic carbocycles. The van der Waals surface area contributed by atoms with Crippen LogP contribution in [0.4, 0.5) is 4.79 Å². The van der Waals surface area contributed by atoms with E-state index >= 15 is 0 Å². The first-order valence-electron chi connectivity index (χ1n) is 6.58. The summed E-state index contributed by atoms with van der Waals surface area (Å²) in [6.45, 7) is 1.89. The lowest BCUT2D eigenvalue weighted by Crippen LogP contribution is -2.45. The molecule has 5 heteroatoms. The van der Waals surface area contributed by atoms with E-state index in [1.165, 1.54) is 14.2 Å². The molecule has 1 amide bonds. The van der Waals surface area contributed by atoms with Crippen molar-refractivity contribution in [3.05, 3.63) is 35.9 Å². The third-order valence-corrected chi connectivity index (χ3v) is 3.22. The maximum atomic E-state index is 11.8. The molecule has 20 heavy (non-hydrogen) atoms. The summed E-state index contributed by atoms with van der Waals surface area (Å²) in [5.41, 5.74) is 1.04. The number of esters is 1. The highest BCUT2D eigenvalue weighted by Gasteiger charge is 2.29. The average molecular weight is 279 g/mol.